The van der Waals surface area contributed by atoms with E-state index in [0.717, 1.165) is 17.0 Å². The van der Waals surface area contributed by atoms with Gasteiger partial charge in [-0.3, -0.25) is 9.59 Å². The summed E-state index contributed by atoms with van der Waals surface area (Å²) in [4.78, 5) is 24.7. The number of hydrogen-bond donors (Lipinski definition) is 4. The van der Waals surface area contributed by atoms with E-state index in [9.17, 15) is 9.59 Å². The summed E-state index contributed by atoms with van der Waals surface area (Å²) in [5.41, 5.74) is 10.8. The molecule has 6 heteroatoms. The van der Waals surface area contributed by atoms with E-state index in [1.807, 2.05) is 30.3 Å². The molecule has 0 aliphatic heterocycles. The van der Waals surface area contributed by atoms with Crippen LogP contribution in [0.1, 0.15) is 52.2 Å². The molecule has 0 radical (unpaired) electrons. The molecule has 5 rings (SSSR count). The number of amides is 2. The highest BCUT2D eigenvalue weighted by atomic mass is 16.2. The van der Waals surface area contributed by atoms with Gasteiger partial charge in [0, 0.05) is 30.1 Å². The van der Waals surface area contributed by atoms with Gasteiger partial charge in [0.15, 0.2) is 0 Å². The van der Waals surface area contributed by atoms with Crippen molar-refractivity contribution < 1.29 is 9.59 Å². The second-order valence-corrected chi connectivity index (χ2v) is 9.76. The van der Waals surface area contributed by atoms with Gasteiger partial charge in [0.2, 0.25) is 5.91 Å². The minimum Gasteiger partial charge on any atom is -0.397 e. The Hall–Kier alpha value is -3.90. The van der Waals surface area contributed by atoms with Gasteiger partial charge in [0.05, 0.1) is 11.4 Å². The third kappa shape index (κ3) is 6.40. The van der Waals surface area contributed by atoms with Gasteiger partial charge in [-0.15, -0.1) is 0 Å². The van der Waals surface area contributed by atoms with Crippen molar-refractivity contribution in [2.75, 3.05) is 17.6 Å². The van der Waals surface area contributed by atoms with Crippen molar-refractivity contribution in [3.05, 3.63) is 101 Å². The Morgan fingerprint density at radius 2 is 1.69 bits per heavy atom. The molecule has 3 aromatic rings. The molecule has 2 fully saturated rings. The van der Waals surface area contributed by atoms with E-state index in [4.69, 9.17) is 5.73 Å². The van der Waals surface area contributed by atoms with Crippen molar-refractivity contribution in [1.82, 2.24) is 10.6 Å². The molecular weight excluding hydrogens is 448 g/mol. The van der Waals surface area contributed by atoms with Crippen LogP contribution in [0.4, 0.5) is 11.4 Å². The molecule has 0 saturated heterocycles. The van der Waals surface area contributed by atoms with Crippen LogP contribution in [0.2, 0.25) is 0 Å². The molecular formula is C30H32N4O2. The van der Waals surface area contributed by atoms with E-state index >= 15 is 0 Å². The van der Waals surface area contributed by atoms with Gasteiger partial charge in [-0.2, -0.15) is 0 Å². The lowest BCUT2D eigenvalue weighted by Crippen LogP contribution is -2.20. The molecule has 2 aliphatic rings. The molecule has 36 heavy (non-hydrogen) atoms. The maximum atomic E-state index is 12.4. The largest absolute Gasteiger partial charge is 0.397 e. The monoisotopic (exact) mass is 480 g/mol. The summed E-state index contributed by atoms with van der Waals surface area (Å²) in [5.74, 6) is 1.14. The molecule has 2 atom stereocenters. The fourth-order valence-electron chi connectivity index (χ4n) is 4.28. The molecule has 6 nitrogen and oxygen atoms in total. The number of benzene rings is 3. The zero-order valence-electron chi connectivity index (χ0n) is 20.2. The number of nitrogens with two attached hydrogens (primary N) is 1. The summed E-state index contributed by atoms with van der Waals surface area (Å²) in [6, 6.07) is 23.4. The van der Waals surface area contributed by atoms with Crippen molar-refractivity contribution >= 4 is 29.3 Å². The number of rotatable bonds is 10. The third-order valence-electron chi connectivity index (χ3n) is 6.84. The van der Waals surface area contributed by atoms with Crippen molar-refractivity contribution in [2.24, 2.45) is 5.92 Å². The highest BCUT2D eigenvalue weighted by molar-refractivity contribution is 6.05. The van der Waals surface area contributed by atoms with Crippen molar-refractivity contribution in [1.29, 1.82) is 0 Å². The van der Waals surface area contributed by atoms with Crippen molar-refractivity contribution in [3.8, 4) is 0 Å². The van der Waals surface area contributed by atoms with Crippen LogP contribution in [0.5, 0.6) is 0 Å². The lowest BCUT2D eigenvalue weighted by atomic mass is 10.1. The van der Waals surface area contributed by atoms with Crippen molar-refractivity contribution in [2.45, 2.75) is 37.8 Å². The van der Waals surface area contributed by atoms with E-state index in [1.165, 1.54) is 31.4 Å². The fourth-order valence-corrected chi connectivity index (χ4v) is 4.28. The lowest BCUT2D eigenvalue weighted by molar-refractivity contribution is -0.116. The van der Waals surface area contributed by atoms with Crippen LogP contribution in [0.15, 0.2) is 78.9 Å². The summed E-state index contributed by atoms with van der Waals surface area (Å²) in [7, 11) is 0. The van der Waals surface area contributed by atoms with Gasteiger partial charge >= 0.3 is 0 Å². The topological polar surface area (TPSA) is 96.2 Å². The molecule has 3 aromatic carbocycles. The second-order valence-electron chi connectivity index (χ2n) is 9.76. The van der Waals surface area contributed by atoms with E-state index in [-0.39, 0.29) is 11.8 Å². The summed E-state index contributed by atoms with van der Waals surface area (Å²) in [6.07, 6.45) is 7.37. The van der Waals surface area contributed by atoms with Gasteiger partial charge in [0.25, 0.3) is 5.91 Å². The molecule has 0 heterocycles. The van der Waals surface area contributed by atoms with Crippen LogP contribution >= 0.6 is 0 Å². The number of hydrogen-bond acceptors (Lipinski definition) is 4. The summed E-state index contributed by atoms with van der Waals surface area (Å²) in [5, 5.41) is 9.38. The van der Waals surface area contributed by atoms with Crippen LogP contribution in [-0.2, 0) is 11.3 Å². The van der Waals surface area contributed by atoms with Crippen LogP contribution in [0.25, 0.3) is 6.08 Å². The Balaban J connectivity index is 1.06. The van der Waals surface area contributed by atoms with E-state index in [2.05, 4.69) is 40.2 Å². The Bertz CT molecular complexity index is 1250. The Morgan fingerprint density at radius 1 is 0.944 bits per heavy atom. The zero-order chi connectivity index (χ0) is 24.9. The highest BCUT2D eigenvalue weighted by Crippen LogP contribution is 2.41. The predicted molar refractivity (Wildman–Crippen MR) is 144 cm³/mol. The molecule has 2 saturated carbocycles. The molecule has 0 aromatic heterocycles. The number of carbonyl (C=O) groups excluding carboxylic acids is 2. The molecule has 184 valence electrons. The van der Waals surface area contributed by atoms with Crippen LogP contribution < -0.4 is 21.7 Å². The maximum absolute atomic E-state index is 12.4. The zero-order valence-corrected chi connectivity index (χ0v) is 20.2. The first-order valence-corrected chi connectivity index (χ1v) is 12.6. The fraction of sp³-hybridized carbons (Fsp3) is 0.267. The quantitative estimate of drug-likeness (QED) is 0.250. The molecule has 5 N–H and O–H groups in total. The van der Waals surface area contributed by atoms with E-state index in [1.54, 1.807) is 30.3 Å². The molecule has 2 amide bonds. The van der Waals surface area contributed by atoms with Gasteiger partial charge in [-0.25, -0.2) is 0 Å². The van der Waals surface area contributed by atoms with Crippen LogP contribution in [0.3, 0.4) is 0 Å². The Labute approximate surface area is 212 Å². The lowest BCUT2D eigenvalue weighted by Gasteiger charge is -2.08. The normalized spacial score (nSPS) is 18.7. The molecule has 0 spiro atoms. The first kappa shape index (κ1) is 23.8. The minimum atomic E-state index is -0.232. The number of anilines is 2. The summed E-state index contributed by atoms with van der Waals surface area (Å²) in [6.45, 7) is 1.55. The smallest absolute Gasteiger partial charge is 0.255 e. The number of para-hydroxylation sites is 2. The number of nitrogens with one attached hydrogen (secondary N) is 3. The minimum absolute atomic E-state index is 0.160. The molecule has 2 aliphatic carbocycles. The van der Waals surface area contributed by atoms with E-state index in [0.29, 0.717) is 35.4 Å². The first-order chi connectivity index (χ1) is 17.5. The van der Waals surface area contributed by atoms with Gasteiger partial charge < -0.3 is 21.7 Å². The maximum Gasteiger partial charge on any atom is 0.255 e. The standard InChI is InChI=1S/C30H32N4O2/c31-26-3-1-2-4-27(26)34-30(36)24-14-9-22(10-15-24)19-33-29(35)16-11-20-7-12-23(13-8-20)25-17-28(25)32-18-21-5-6-21/h1-4,7-16,21,25,28,32H,5-6,17-19,31H2,(H,33,35)(H,34,36)/b16-11+. The number of carbonyl (C=O) groups is 2. The van der Waals surface area contributed by atoms with E-state index < -0.39 is 0 Å². The van der Waals surface area contributed by atoms with Gasteiger partial charge in [0.1, 0.15) is 0 Å². The van der Waals surface area contributed by atoms with Gasteiger partial charge in [-0.05, 0) is 78.8 Å². The molecule has 2 unspecified atom stereocenters. The first-order valence-electron chi connectivity index (χ1n) is 12.6. The highest BCUT2D eigenvalue weighted by Gasteiger charge is 2.38. The Kier molecular flexibility index (Phi) is 7.14. The van der Waals surface area contributed by atoms with Crippen molar-refractivity contribution in [3.63, 3.8) is 0 Å². The number of nitrogen functional groups attached to an aromatic ring is 1. The average Bonchev–Trinajstić information content (AvgIpc) is 3.82. The van der Waals surface area contributed by atoms with Crippen LogP contribution in [-0.4, -0.2) is 24.4 Å². The summed E-state index contributed by atoms with van der Waals surface area (Å²) < 4.78 is 0. The molecule has 0 bridgehead atoms. The SMILES string of the molecule is Nc1ccccc1NC(=O)c1ccc(CNC(=O)/C=C/c2ccc(C3CC3NCC3CC3)cc2)cc1. The average molecular weight is 481 g/mol. The van der Waals surface area contributed by atoms with Gasteiger partial charge in [-0.1, -0.05) is 48.5 Å². The third-order valence-corrected chi connectivity index (χ3v) is 6.84. The Morgan fingerprint density at radius 3 is 2.42 bits per heavy atom. The van der Waals surface area contributed by atoms with Crippen LogP contribution in [0, 0.1) is 5.92 Å². The predicted octanol–water partition coefficient (Wildman–Crippen LogP) is 4.71. The summed E-state index contributed by atoms with van der Waals surface area (Å²) >= 11 is 0. The second kappa shape index (κ2) is 10.8.